The summed E-state index contributed by atoms with van der Waals surface area (Å²) in [5.41, 5.74) is 3.27. The number of aromatic nitrogens is 1. The van der Waals surface area contributed by atoms with Crippen LogP contribution in [-0.2, 0) is 11.0 Å². The van der Waals surface area contributed by atoms with Crippen LogP contribution in [0.5, 0.6) is 0 Å². The van der Waals surface area contributed by atoms with Crippen LogP contribution in [-0.4, -0.2) is 54.7 Å². The van der Waals surface area contributed by atoms with Gasteiger partial charge in [0.05, 0.1) is 22.2 Å². The molecule has 0 atom stereocenters. The number of piperazine rings is 1. The van der Waals surface area contributed by atoms with E-state index in [9.17, 15) is 22.8 Å². The maximum Gasteiger partial charge on any atom is 0.416 e. The summed E-state index contributed by atoms with van der Waals surface area (Å²) in [5, 5.41) is 17.2. The summed E-state index contributed by atoms with van der Waals surface area (Å²) in [7, 11) is 0. The molecule has 1 aliphatic heterocycles. The van der Waals surface area contributed by atoms with Crippen LogP contribution in [0, 0.1) is 0 Å². The molecule has 11 heteroatoms. The summed E-state index contributed by atoms with van der Waals surface area (Å²) in [6.07, 6.45) is -4.05. The number of rotatable bonds is 7. The number of hydrogen-bond donors (Lipinski definition) is 2. The van der Waals surface area contributed by atoms with Crippen molar-refractivity contribution in [3.8, 4) is 11.3 Å². The van der Waals surface area contributed by atoms with E-state index in [4.69, 9.17) is 9.63 Å². The van der Waals surface area contributed by atoms with Gasteiger partial charge in [-0.05, 0) is 30.7 Å². The zero-order chi connectivity index (χ0) is 28.0. The minimum atomic E-state index is -4.41. The minimum absolute atomic E-state index is 0.00969. The highest BCUT2D eigenvalue weighted by atomic mass is 19.4. The van der Waals surface area contributed by atoms with Crippen LogP contribution < -0.4 is 15.1 Å². The molecule has 1 aliphatic carbocycles. The Balaban J connectivity index is 1.34. The Bertz CT molecular complexity index is 1620. The van der Waals surface area contributed by atoms with Gasteiger partial charge in [-0.25, -0.2) is 0 Å². The molecule has 2 N–H and O–H groups in total. The zero-order valence-corrected chi connectivity index (χ0v) is 21.3. The van der Waals surface area contributed by atoms with E-state index < -0.39 is 17.7 Å². The van der Waals surface area contributed by atoms with Crippen LogP contribution >= 0.6 is 0 Å². The Morgan fingerprint density at radius 3 is 2.45 bits per heavy atom. The molecule has 40 heavy (non-hydrogen) atoms. The van der Waals surface area contributed by atoms with Crippen LogP contribution in [0.25, 0.3) is 22.2 Å². The molecule has 6 rings (SSSR count). The number of nitrogens with zero attached hydrogens (tertiary/aromatic N) is 3. The van der Waals surface area contributed by atoms with Gasteiger partial charge in [-0.3, -0.25) is 9.59 Å². The Kier molecular flexibility index (Phi) is 6.36. The Morgan fingerprint density at radius 1 is 1.00 bits per heavy atom. The first-order chi connectivity index (χ1) is 19.2. The van der Waals surface area contributed by atoms with Gasteiger partial charge in [0, 0.05) is 61.6 Å². The molecule has 2 aliphatic rings. The van der Waals surface area contributed by atoms with E-state index in [0.717, 1.165) is 11.8 Å². The van der Waals surface area contributed by atoms with Gasteiger partial charge in [-0.15, -0.1) is 0 Å². The number of hydrogen-bond acceptors (Lipinski definition) is 7. The molecule has 1 saturated heterocycles. The highest BCUT2D eigenvalue weighted by Gasteiger charge is 2.35. The fraction of sp³-hybridized carbons (Fsp3) is 0.276. The predicted octanol–water partition coefficient (Wildman–Crippen LogP) is 5.66. The SMILES string of the molecule is O=C(O)CCCNc1cc(N2CCN(c3cccc(C(F)(F)F)c3)CC2)c2noc3c2c1C(=O)c1ccccc1-3. The number of alkyl halides is 3. The summed E-state index contributed by atoms with van der Waals surface area (Å²) in [4.78, 5) is 28.6. The third-order valence-corrected chi connectivity index (χ3v) is 7.42. The second-order valence-corrected chi connectivity index (χ2v) is 9.87. The summed E-state index contributed by atoms with van der Waals surface area (Å²) < 4.78 is 45.5. The number of carbonyl (C=O) groups is 2. The average molecular weight is 551 g/mol. The number of benzene rings is 3. The van der Waals surface area contributed by atoms with Gasteiger partial charge in [-0.1, -0.05) is 35.5 Å². The van der Waals surface area contributed by atoms with Crippen molar-refractivity contribution in [2.45, 2.75) is 19.0 Å². The van der Waals surface area contributed by atoms with Crippen LogP contribution in [0.1, 0.15) is 34.3 Å². The van der Waals surface area contributed by atoms with E-state index in [1.807, 2.05) is 23.1 Å². The number of nitrogens with one attached hydrogen (secondary N) is 1. The average Bonchev–Trinajstić information content (AvgIpc) is 3.39. The highest BCUT2D eigenvalue weighted by molar-refractivity contribution is 6.28. The zero-order valence-electron chi connectivity index (χ0n) is 21.3. The fourth-order valence-corrected chi connectivity index (χ4v) is 5.47. The molecule has 2 heterocycles. The van der Waals surface area contributed by atoms with Gasteiger partial charge in [0.15, 0.2) is 11.5 Å². The monoisotopic (exact) mass is 550 g/mol. The molecular formula is C29H25F3N4O4. The van der Waals surface area contributed by atoms with Crippen molar-refractivity contribution in [1.82, 2.24) is 5.16 Å². The number of carbonyl (C=O) groups excluding carboxylic acids is 1. The standard InChI is InChI=1S/C29H25F3N4O4/c30-29(31,32)17-5-3-6-18(15-17)35-11-13-36(14-12-35)22-16-21(33-10-4-9-23(37)38)24-25-26(22)34-40-28(25)20-8-2-1-7-19(20)27(24)39/h1-3,5-8,15-16,33H,4,9-14H2,(H,37,38). The molecule has 4 aromatic rings. The molecule has 0 unspecified atom stereocenters. The number of halogens is 3. The normalized spacial score (nSPS) is 14.9. The predicted molar refractivity (Wildman–Crippen MR) is 144 cm³/mol. The highest BCUT2D eigenvalue weighted by Crippen LogP contribution is 2.46. The molecule has 0 spiro atoms. The summed E-state index contributed by atoms with van der Waals surface area (Å²) in [5.74, 6) is -0.569. The van der Waals surface area contributed by atoms with Crippen LogP contribution in [0.3, 0.4) is 0 Å². The smallest absolute Gasteiger partial charge is 0.416 e. The third-order valence-electron chi connectivity index (χ3n) is 7.42. The summed E-state index contributed by atoms with van der Waals surface area (Å²) in [6, 6.07) is 14.3. The van der Waals surface area contributed by atoms with E-state index in [2.05, 4.69) is 15.4 Å². The first-order valence-corrected chi connectivity index (χ1v) is 13.0. The lowest BCUT2D eigenvalue weighted by molar-refractivity contribution is -0.138. The number of fused-ring (bicyclic) bond motifs is 2. The molecule has 206 valence electrons. The largest absolute Gasteiger partial charge is 0.481 e. The van der Waals surface area contributed by atoms with E-state index >= 15 is 0 Å². The minimum Gasteiger partial charge on any atom is -0.481 e. The molecule has 1 aromatic heterocycles. The molecule has 8 nitrogen and oxygen atoms in total. The molecular weight excluding hydrogens is 525 g/mol. The molecule has 0 radical (unpaired) electrons. The van der Waals surface area contributed by atoms with Crippen molar-refractivity contribution >= 4 is 39.7 Å². The Hall–Kier alpha value is -4.54. The maximum absolute atomic E-state index is 13.6. The van der Waals surface area contributed by atoms with Crippen molar-refractivity contribution in [1.29, 1.82) is 0 Å². The fourth-order valence-electron chi connectivity index (χ4n) is 5.47. The summed E-state index contributed by atoms with van der Waals surface area (Å²) >= 11 is 0. The summed E-state index contributed by atoms with van der Waals surface area (Å²) in [6.45, 7) is 2.34. The van der Waals surface area contributed by atoms with Crippen molar-refractivity contribution in [2.24, 2.45) is 0 Å². The molecule has 3 aromatic carbocycles. The Morgan fingerprint density at radius 2 is 1.73 bits per heavy atom. The number of carboxylic acids is 1. The second kappa shape index (κ2) is 9.89. The van der Waals surface area contributed by atoms with Crippen molar-refractivity contribution in [2.75, 3.05) is 47.8 Å². The number of carboxylic acid groups (broad SMARTS) is 1. The van der Waals surface area contributed by atoms with Gasteiger partial charge in [0.2, 0.25) is 0 Å². The van der Waals surface area contributed by atoms with Gasteiger partial charge in [0.1, 0.15) is 5.52 Å². The van der Waals surface area contributed by atoms with E-state index in [1.54, 1.807) is 18.2 Å². The van der Waals surface area contributed by atoms with E-state index in [1.165, 1.54) is 12.1 Å². The first-order valence-electron chi connectivity index (χ1n) is 13.0. The van der Waals surface area contributed by atoms with E-state index in [-0.39, 0.29) is 12.2 Å². The lowest BCUT2D eigenvalue weighted by Crippen LogP contribution is -2.46. The van der Waals surface area contributed by atoms with Crippen molar-refractivity contribution < 1.29 is 32.4 Å². The van der Waals surface area contributed by atoms with Crippen LogP contribution in [0.4, 0.5) is 30.2 Å². The second-order valence-electron chi connectivity index (χ2n) is 9.87. The topological polar surface area (TPSA) is 98.9 Å². The van der Waals surface area contributed by atoms with Gasteiger partial charge < -0.3 is 24.7 Å². The number of ketones is 1. The van der Waals surface area contributed by atoms with Gasteiger partial charge >= 0.3 is 12.1 Å². The van der Waals surface area contributed by atoms with Crippen molar-refractivity contribution in [3.05, 3.63) is 71.3 Å². The first kappa shape index (κ1) is 25.7. The number of aliphatic carboxylic acids is 1. The quantitative estimate of drug-likeness (QED) is 0.251. The molecule has 1 fully saturated rings. The molecule has 0 amide bonds. The van der Waals surface area contributed by atoms with Gasteiger partial charge in [-0.2, -0.15) is 13.2 Å². The van der Waals surface area contributed by atoms with Crippen LogP contribution in [0.15, 0.2) is 59.1 Å². The molecule has 0 saturated carbocycles. The van der Waals surface area contributed by atoms with Gasteiger partial charge in [0.25, 0.3) is 0 Å². The lowest BCUT2D eigenvalue weighted by atomic mass is 9.86. The Labute approximate surface area is 227 Å². The maximum atomic E-state index is 13.6. The van der Waals surface area contributed by atoms with E-state index in [0.29, 0.717) is 83.9 Å². The lowest BCUT2D eigenvalue weighted by Gasteiger charge is -2.38. The molecule has 0 bridgehead atoms. The van der Waals surface area contributed by atoms with Crippen molar-refractivity contribution in [3.63, 3.8) is 0 Å². The third kappa shape index (κ3) is 4.51. The number of anilines is 3. The van der Waals surface area contributed by atoms with Crippen LogP contribution in [0.2, 0.25) is 0 Å².